The smallest absolute Gasteiger partial charge is 0.0962 e. The van der Waals surface area contributed by atoms with E-state index in [-0.39, 0.29) is 0 Å². The standard InChI is InChI=1S/C9H11ClN4/c1-13-4-6(3-11)9-8(12)2-7(10)5-14-9/h2-5H,11-12H2,1H3/b6-3+,13-4?. The van der Waals surface area contributed by atoms with Gasteiger partial charge in [0.15, 0.2) is 0 Å². The maximum absolute atomic E-state index is 5.72. The number of allylic oxidation sites excluding steroid dienone is 1. The van der Waals surface area contributed by atoms with E-state index in [0.717, 1.165) is 0 Å². The summed E-state index contributed by atoms with van der Waals surface area (Å²) in [5, 5.41) is 0.496. The molecule has 0 aliphatic heterocycles. The van der Waals surface area contributed by atoms with Crippen LogP contribution in [0.5, 0.6) is 0 Å². The molecule has 1 aromatic rings. The normalized spacial score (nSPS) is 12.3. The summed E-state index contributed by atoms with van der Waals surface area (Å²) in [4.78, 5) is 7.92. The average molecular weight is 211 g/mol. The highest BCUT2D eigenvalue weighted by Crippen LogP contribution is 2.20. The van der Waals surface area contributed by atoms with Gasteiger partial charge in [-0.05, 0) is 6.07 Å². The Hall–Kier alpha value is -1.55. The maximum Gasteiger partial charge on any atom is 0.0962 e. The number of nitrogens with zero attached hydrogens (tertiary/aromatic N) is 2. The fourth-order valence-corrected chi connectivity index (χ4v) is 1.18. The summed E-state index contributed by atoms with van der Waals surface area (Å²) < 4.78 is 0. The minimum atomic E-state index is 0.481. The summed E-state index contributed by atoms with van der Waals surface area (Å²) >= 11 is 5.72. The molecule has 0 amide bonds. The summed E-state index contributed by atoms with van der Waals surface area (Å²) in [5.41, 5.74) is 12.9. The van der Waals surface area contributed by atoms with Gasteiger partial charge in [-0.15, -0.1) is 0 Å². The minimum Gasteiger partial charge on any atom is -0.404 e. The second-order valence-electron chi connectivity index (χ2n) is 2.60. The third-order valence-electron chi connectivity index (χ3n) is 1.60. The third-order valence-corrected chi connectivity index (χ3v) is 1.81. The van der Waals surface area contributed by atoms with Crippen molar-refractivity contribution in [3.05, 3.63) is 29.2 Å². The highest BCUT2D eigenvalue weighted by Gasteiger charge is 2.05. The van der Waals surface area contributed by atoms with E-state index in [9.17, 15) is 0 Å². The Kier molecular flexibility index (Phi) is 3.48. The summed E-state index contributed by atoms with van der Waals surface area (Å²) in [7, 11) is 1.65. The molecule has 0 aliphatic rings. The zero-order chi connectivity index (χ0) is 10.6. The van der Waals surface area contributed by atoms with Gasteiger partial charge in [0.2, 0.25) is 0 Å². The van der Waals surface area contributed by atoms with Crippen LogP contribution in [-0.2, 0) is 0 Å². The molecule has 1 heterocycles. The van der Waals surface area contributed by atoms with Crippen LogP contribution in [0, 0.1) is 0 Å². The zero-order valence-electron chi connectivity index (χ0n) is 7.74. The first-order chi connectivity index (χ1) is 6.69. The number of pyridine rings is 1. The van der Waals surface area contributed by atoms with Crippen molar-refractivity contribution in [1.82, 2.24) is 4.98 Å². The van der Waals surface area contributed by atoms with Gasteiger partial charge in [0.1, 0.15) is 0 Å². The Labute approximate surface area is 87.3 Å². The van der Waals surface area contributed by atoms with Crippen LogP contribution in [0.4, 0.5) is 5.69 Å². The lowest BCUT2D eigenvalue weighted by atomic mass is 10.1. The number of anilines is 1. The van der Waals surface area contributed by atoms with Crippen molar-refractivity contribution in [3.8, 4) is 0 Å². The summed E-state index contributed by atoms with van der Waals surface area (Å²) in [6.07, 6.45) is 4.51. The lowest BCUT2D eigenvalue weighted by Gasteiger charge is -2.04. The van der Waals surface area contributed by atoms with E-state index in [1.54, 1.807) is 19.3 Å². The number of nitrogens with two attached hydrogens (primary N) is 2. The molecule has 0 aromatic carbocycles. The van der Waals surface area contributed by atoms with Crippen LogP contribution in [0.15, 0.2) is 23.5 Å². The fraction of sp³-hybridized carbons (Fsp3) is 0.111. The molecule has 14 heavy (non-hydrogen) atoms. The first-order valence-electron chi connectivity index (χ1n) is 3.94. The number of hydrogen-bond donors (Lipinski definition) is 2. The Balaban J connectivity index is 3.18. The van der Waals surface area contributed by atoms with E-state index < -0.39 is 0 Å². The molecular formula is C9H11ClN4. The van der Waals surface area contributed by atoms with Crippen LogP contribution in [0.2, 0.25) is 5.02 Å². The van der Waals surface area contributed by atoms with Gasteiger partial charge in [0.25, 0.3) is 0 Å². The van der Waals surface area contributed by atoms with Crippen LogP contribution >= 0.6 is 11.6 Å². The number of aliphatic imine (C=N–C) groups is 1. The summed E-state index contributed by atoms with van der Waals surface area (Å²) in [5.74, 6) is 0. The second kappa shape index (κ2) is 4.62. The van der Waals surface area contributed by atoms with Gasteiger partial charge in [-0.1, -0.05) is 11.6 Å². The van der Waals surface area contributed by atoms with E-state index in [0.29, 0.717) is 22.0 Å². The number of hydrogen-bond acceptors (Lipinski definition) is 4. The first kappa shape index (κ1) is 10.5. The van der Waals surface area contributed by atoms with Gasteiger partial charge < -0.3 is 11.5 Å². The topological polar surface area (TPSA) is 77.3 Å². The number of halogens is 1. The molecule has 0 unspecified atom stereocenters. The van der Waals surface area contributed by atoms with Gasteiger partial charge in [-0.25, -0.2) is 0 Å². The highest BCUT2D eigenvalue weighted by molar-refractivity contribution is 6.30. The molecular weight excluding hydrogens is 200 g/mol. The Morgan fingerprint density at radius 3 is 2.86 bits per heavy atom. The minimum absolute atomic E-state index is 0.481. The average Bonchev–Trinajstić information content (AvgIpc) is 2.15. The Bertz CT molecular complexity index is 384. The number of aromatic nitrogens is 1. The number of nitrogen functional groups attached to an aromatic ring is 1. The van der Waals surface area contributed by atoms with Crippen molar-refractivity contribution in [3.63, 3.8) is 0 Å². The second-order valence-corrected chi connectivity index (χ2v) is 3.04. The van der Waals surface area contributed by atoms with Crippen LogP contribution in [0.1, 0.15) is 5.69 Å². The number of rotatable bonds is 2. The van der Waals surface area contributed by atoms with E-state index >= 15 is 0 Å². The monoisotopic (exact) mass is 210 g/mol. The van der Waals surface area contributed by atoms with Crippen molar-refractivity contribution in [2.24, 2.45) is 10.7 Å². The van der Waals surface area contributed by atoms with Crippen molar-refractivity contribution in [2.45, 2.75) is 0 Å². The van der Waals surface area contributed by atoms with E-state index in [4.69, 9.17) is 23.1 Å². The Morgan fingerprint density at radius 1 is 1.64 bits per heavy atom. The van der Waals surface area contributed by atoms with Crippen LogP contribution < -0.4 is 11.5 Å². The molecule has 1 rings (SSSR count). The van der Waals surface area contributed by atoms with Crippen molar-refractivity contribution in [1.29, 1.82) is 0 Å². The molecule has 0 atom stereocenters. The third kappa shape index (κ3) is 2.23. The zero-order valence-corrected chi connectivity index (χ0v) is 8.49. The molecule has 0 fully saturated rings. The maximum atomic E-state index is 5.72. The van der Waals surface area contributed by atoms with Gasteiger partial charge >= 0.3 is 0 Å². The van der Waals surface area contributed by atoms with Crippen molar-refractivity contribution < 1.29 is 0 Å². The van der Waals surface area contributed by atoms with Crippen LogP contribution in [0.3, 0.4) is 0 Å². The molecule has 5 heteroatoms. The van der Waals surface area contributed by atoms with Gasteiger partial charge in [-0.3, -0.25) is 9.98 Å². The SMILES string of the molecule is CN=C/C(=C\N)c1ncc(Cl)cc1N. The Morgan fingerprint density at radius 2 is 2.36 bits per heavy atom. The molecule has 0 bridgehead atoms. The lowest BCUT2D eigenvalue weighted by molar-refractivity contribution is 1.28. The molecule has 0 saturated carbocycles. The molecule has 4 N–H and O–H groups in total. The van der Waals surface area contributed by atoms with Crippen molar-refractivity contribution >= 4 is 29.1 Å². The predicted molar refractivity (Wildman–Crippen MR) is 60.2 cm³/mol. The molecule has 0 aliphatic carbocycles. The first-order valence-corrected chi connectivity index (χ1v) is 4.32. The lowest BCUT2D eigenvalue weighted by Crippen LogP contribution is -2.00. The largest absolute Gasteiger partial charge is 0.404 e. The van der Waals surface area contributed by atoms with Gasteiger partial charge in [-0.2, -0.15) is 0 Å². The quantitative estimate of drug-likeness (QED) is 0.723. The molecule has 74 valence electrons. The summed E-state index contributed by atoms with van der Waals surface area (Å²) in [6, 6.07) is 1.62. The molecule has 4 nitrogen and oxygen atoms in total. The predicted octanol–water partition coefficient (Wildman–Crippen LogP) is 1.32. The molecule has 0 saturated heterocycles. The van der Waals surface area contributed by atoms with Gasteiger partial charge in [0.05, 0.1) is 16.4 Å². The molecule has 0 radical (unpaired) electrons. The molecule has 0 spiro atoms. The van der Waals surface area contributed by atoms with E-state index in [2.05, 4.69) is 9.98 Å². The highest BCUT2D eigenvalue weighted by atomic mass is 35.5. The van der Waals surface area contributed by atoms with E-state index in [1.165, 1.54) is 12.4 Å². The fourth-order valence-electron chi connectivity index (χ4n) is 1.02. The van der Waals surface area contributed by atoms with Crippen molar-refractivity contribution in [2.75, 3.05) is 12.8 Å². The van der Waals surface area contributed by atoms with Gasteiger partial charge in [0, 0.05) is 31.2 Å². The summed E-state index contributed by atoms with van der Waals surface area (Å²) in [6.45, 7) is 0. The van der Waals surface area contributed by atoms with Crippen LogP contribution in [0.25, 0.3) is 5.57 Å². The van der Waals surface area contributed by atoms with Crippen LogP contribution in [-0.4, -0.2) is 18.2 Å². The van der Waals surface area contributed by atoms with E-state index in [1.807, 2.05) is 0 Å². The molecule has 1 aromatic heterocycles.